The number of hydrogen-bond donors (Lipinski definition) is 2. The molecule has 0 aliphatic rings. The number of nitrogens with one attached hydrogen (secondary N) is 2. The maximum Gasteiger partial charge on any atom is 0.132 e. The van der Waals surface area contributed by atoms with E-state index in [1.807, 2.05) is 23.9 Å². The summed E-state index contributed by atoms with van der Waals surface area (Å²) in [7, 11) is 1.93. The van der Waals surface area contributed by atoms with E-state index >= 15 is 0 Å². The first-order valence-electron chi connectivity index (χ1n) is 6.55. The Labute approximate surface area is 113 Å². The highest BCUT2D eigenvalue weighted by Crippen LogP contribution is 2.12. The molecule has 0 amide bonds. The summed E-state index contributed by atoms with van der Waals surface area (Å²) < 4.78 is 1.85. The van der Waals surface area contributed by atoms with Crippen LogP contribution in [0, 0.1) is 0 Å². The molecule has 102 valence electrons. The molecule has 6 heteroatoms. The smallest absolute Gasteiger partial charge is 0.132 e. The van der Waals surface area contributed by atoms with Crippen molar-refractivity contribution in [3.05, 3.63) is 29.8 Å². The van der Waals surface area contributed by atoms with Crippen LogP contribution < -0.4 is 10.6 Å². The number of rotatable bonds is 6. The summed E-state index contributed by atoms with van der Waals surface area (Å²) in [6, 6.07) is 3.92. The third-order valence-corrected chi connectivity index (χ3v) is 2.82. The molecular formula is C13H20N6. The zero-order chi connectivity index (χ0) is 13.7. The molecule has 0 bridgehead atoms. The zero-order valence-electron chi connectivity index (χ0n) is 11.6. The van der Waals surface area contributed by atoms with Crippen molar-refractivity contribution in [2.45, 2.75) is 26.8 Å². The van der Waals surface area contributed by atoms with Gasteiger partial charge in [0.1, 0.15) is 17.5 Å². The molecule has 0 aliphatic heterocycles. The monoisotopic (exact) mass is 260 g/mol. The molecule has 2 aromatic heterocycles. The molecule has 2 N–H and O–H groups in total. The molecule has 0 unspecified atom stereocenters. The molecule has 2 aromatic rings. The minimum absolute atomic E-state index is 0.697. The number of aromatic nitrogens is 4. The van der Waals surface area contributed by atoms with Crippen molar-refractivity contribution in [2.24, 2.45) is 7.05 Å². The minimum atomic E-state index is 0.697. The third kappa shape index (κ3) is 3.43. The van der Waals surface area contributed by atoms with Crippen molar-refractivity contribution < 1.29 is 0 Å². The Balaban J connectivity index is 2.10. The normalized spacial score (nSPS) is 10.5. The first kappa shape index (κ1) is 13.3. The lowest BCUT2D eigenvalue weighted by Crippen LogP contribution is -2.09. The SMILES string of the molecule is CCNc1cc(NCc2ccnn2C)nc(CC)n1. The summed E-state index contributed by atoms with van der Waals surface area (Å²) in [5, 5.41) is 10.7. The first-order valence-corrected chi connectivity index (χ1v) is 6.55. The lowest BCUT2D eigenvalue weighted by Gasteiger charge is -2.10. The van der Waals surface area contributed by atoms with Gasteiger partial charge in [0.25, 0.3) is 0 Å². The van der Waals surface area contributed by atoms with Crippen LogP contribution in [-0.4, -0.2) is 26.3 Å². The van der Waals surface area contributed by atoms with Crippen LogP contribution in [0.3, 0.4) is 0 Å². The summed E-state index contributed by atoms with van der Waals surface area (Å²) in [6.07, 6.45) is 2.61. The van der Waals surface area contributed by atoms with Crippen LogP contribution in [0.2, 0.25) is 0 Å². The van der Waals surface area contributed by atoms with E-state index in [0.29, 0.717) is 6.54 Å². The van der Waals surface area contributed by atoms with E-state index in [2.05, 4.69) is 39.5 Å². The number of aryl methyl sites for hydroxylation is 2. The molecule has 0 fully saturated rings. The highest BCUT2D eigenvalue weighted by Gasteiger charge is 2.04. The van der Waals surface area contributed by atoms with Gasteiger partial charge in [0.05, 0.1) is 12.2 Å². The second kappa shape index (κ2) is 6.17. The van der Waals surface area contributed by atoms with Gasteiger partial charge in [0.15, 0.2) is 0 Å². The lowest BCUT2D eigenvalue weighted by molar-refractivity contribution is 0.719. The average molecular weight is 260 g/mol. The van der Waals surface area contributed by atoms with Gasteiger partial charge >= 0.3 is 0 Å². The Morgan fingerprint density at radius 2 is 1.89 bits per heavy atom. The lowest BCUT2D eigenvalue weighted by atomic mass is 10.4. The third-order valence-electron chi connectivity index (χ3n) is 2.82. The number of anilines is 2. The van der Waals surface area contributed by atoms with Gasteiger partial charge in [-0.05, 0) is 13.0 Å². The van der Waals surface area contributed by atoms with E-state index in [1.165, 1.54) is 0 Å². The van der Waals surface area contributed by atoms with Gasteiger partial charge in [-0.25, -0.2) is 9.97 Å². The Hall–Kier alpha value is -2.11. The second-order valence-corrected chi connectivity index (χ2v) is 4.24. The summed E-state index contributed by atoms with van der Waals surface area (Å²) in [6.45, 7) is 5.65. The maximum atomic E-state index is 4.47. The molecule has 6 nitrogen and oxygen atoms in total. The average Bonchev–Trinajstić information content (AvgIpc) is 2.82. The minimum Gasteiger partial charge on any atom is -0.370 e. The Bertz CT molecular complexity index is 534. The van der Waals surface area contributed by atoms with Gasteiger partial charge in [-0.15, -0.1) is 0 Å². The fourth-order valence-corrected chi connectivity index (χ4v) is 1.77. The zero-order valence-corrected chi connectivity index (χ0v) is 11.6. The van der Waals surface area contributed by atoms with Crippen LogP contribution in [0.5, 0.6) is 0 Å². The summed E-state index contributed by atoms with van der Waals surface area (Å²) in [5.41, 5.74) is 1.11. The number of hydrogen-bond acceptors (Lipinski definition) is 5. The second-order valence-electron chi connectivity index (χ2n) is 4.24. The molecule has 2 rings (SSSR count). The maximum absolute atomic E-state index is 4.47. The molecule has 0 atom stereocenters. The molecule has 0 aliphatic carbocycles. The van der Waals surface area contributed by atoms with Crippen LogP contribution in [0.15, 0.2) is 18.3 Å². The molecule has 0 saturated heterocycles. The van der Waals surface area contributed by atoms with Gasteiger partial charge in [-0.1, -0.05) is 6.92 Å². The van der Waals surface area contributed by atoms with Gasteiger partial charge in [-0.2, -0.15) is 5.10 Å². The van der Waals surface area contributed by atoms with Crippen LogP contribution >= 0.6 is 0 Å². The van der Waals surface area contributed by atoms with E-state index in [-0.39, 0.29) is 0 Å². The fourth-order valence-electron chi connectivity index (χ4n) is 1.77. The Morgan fingerprint density at radius 3 is 2.47 bits per heavy atom. The van der Waals surface area contributed by atoms with Crippen molar-refractivity contribution in [1.82, 2.24) is 19.7 Å². The van der Waals surface area contributed by atoms with Gasteiger partial charge in [0.2, 0.25) is 0 Å². The molecule has 0 aromatic carbocycles. The molecule has 0 radical (unpaired) electrons. The van der Waals surface area contributed by atoms with E-state index in [1.54, 1.807) is 6.20 Å². The fraction of sp³-hybridized carbons (Fsp3) is 0.462. The molecule has 19 heavy (non-hydrogen) atoms. The summed E-state index contributed by atoms with van der Waals surface area (Å²) in [4.78, 5) is 8.90. The van der Waals surface area contributed by atoms with Crippen LogP contribution in [0.25, 0.3) is 0 Å². The molecule has 0 saturated carbocycles. The van der Waals surface area contributed by atoms with Crippen LogP contribution in [-0.2, 0) is 20.0 Å². The van der Waals surface area contributed by atoms with E-state index < -0.39 is 0 Å². The Morgan fingerprint density at radius 1 is 1.16 bits per heavy atom. The largest absolute Gasteiger partial charge is 0.370 e. The topological polar surface area (TPSA) is 67.7 Å². The van der Waals surface area contributed by atoms with E-state index in [9.17, 15) is 0 Å². The van der Waals surface area contributed by atoms with Crippen molar-refractivity contribution >= 4 is 11.6 Å². The quantitative estimate of drug-likeness (QED) is 0.829. The van der Waals surface area contributed by atoms with E-state index in [4.69, 9.17) is 0 Å². The number of nitrogens with zero attached hydrogens (tertiary/aromatic N) is 4. The van der Waals surface area contributed by atoms with Crippen molar-refractivity contribution in [1.29, 1.82) is 0 Å². The highest BCUT2D eigenvalue weighted by atomic mass is 15.3. The predicted molar refractivity (Wildman–Crippen MR) is 76.1 cm³/mol. The predicted octanol–water partition coefficient (Wildman–Crippen LogP) is 1.82. The van der Waals surface area contributed by atoms with Crippen LogP contribution in [0.1, 0.15) is 25.4 Å². The molecule has 0 spiro atoms. The highest BCUT2D eigenvalue weighted by molar-refractivity contribution is 5.47. The summed E-state index contributed by atoms with van der Waals surface area (Å²) >= 11 is 0. The van der Waals surface area contributed by atoms with Crippen molar-refractivity contribution in [3.63, 3.8) is 0 Å². The standard InChI is InChI=1S/C13H20N6/c1-4-11-17-12(14-5-2)8-13(18-11)15-9-10-6-7-16-19(10)3/h6-8H,4-5,9H2,1-3H3,(H2,14,15,17,18). The molecule has 2 heterocycles. The van der Waals surface area contributed by atoms with Gasteiger partial charge in [-0.3, -0.25) is 4.68 Å². The molecular weight excluding hydrogens is 240 g/mol. The van der Waals surface area contributed by atoms with Crippen molar-refractivity contribution in [2.75, 3.05) is 17.2 Å². The Kier molecular flexibility index (Phi) is 4.33. The van der Waals surface area contributed by atoms with Gasteiger partial charge in [0, 0.05) is 32.3 Å². The van der Waals surface area contributed by atoms with Crippen molar-refractivity contribution in [3.8, 4) is 0 Å². The van der Waals surface area contributed by atoms with Gasteiger partial charge < -0.3 is 10.6 Å². The first-order chi connectivity index (χ1) is 9.22. The van der Waals surface area contributed by atoms with E-state index in [0.717, 1.165) is 36.1 Å². The summed E-state index contributed by atoms with van der Waals surface area (Å²) in [5.74, 6) is 2.54. The van der Waals surface area contributed by atoms with Crippen LogP contribution in [0.4, 0.5) is 11.6 Å².